The molecule has 0 N–H and O–H groups in total. The van der Waals surface area contributed by atoms with Gasteiger partial charge in [-0.1, -0.05) is 23.7 Å². The number of cyclic esters (lactones) is 1. The average molecular weight is 457 g/mol. The van der Waals surface area contributed by atoms with Gasteiger partial charge in [-0.3, -0.25) is 4.79 Å². The summed E-state index contributed by atoms with van der Waals surface area (Å²) >= 11 is 6.00. The fourth-order valence-corrected chi connectivity index (χ4v) is 3.44. The molecule has 1 amide bonds. The molecule has 1 saturated heterocycles. The molecule has 0 saturated carbocycles. The van der Waals surface area contributed by atoms with Crippen LogP contribution in [0.25, 0.3) is 6.08 Å². The van der Waals surface area contributed by atoms with Gasteiger partial charge in [-0.05, 0) is 42.0 Å². The van der Waals surface area contributed by atoms with Crippen LogP contribution in [0.15, 0.2) is 53.2 Å². The third kappa shape index (κ3) is 5.09. The van der Waals surface area contributed by atoms with Gasteiger partial charge < -0.3 is 23.8 Å². The van der Waals surface area contributed by atoms with Gasteiger partial charge in [0, 0.05) is 23.7 Å². The van der Waals surface area contributed by atoms with Gasteiger partial charge in [0.05, 0.1) is 20.3 Å². The average Bonchev–Trinajstić information content (AvgIpc) is 3.18. The topological polar surface area (TPSA) is 86.7 Å². The van der Waals surface area contributed by atoms with Crippen molar-refractivity contribution in [3.8, 4) is 11.5 Å². The van der Waals surface area contributed by atoms with Gasteiger partial charge in [0.1, 0.15) is 0 Å². The highest BCUT2D eigenvalue weighted by Crippen LogP contribution is 2.30. The summed E-state index contributed by atoms with van der Waals surface area (Å²) in [4.78, 5) is 30.5. The van der Waals surface area contributed by atoms with E-state index in [0.29, 0.717) is 54.0 Å². The van der Waals surface area contributed by atoms with Crippen LogP contribution in [0.2, 0.25) is 5.02 Å². The maximum absolute atomic E-state index is 12.3. The number of hydrogen-bond donors (Lipinski definition) is 0. The van der Waals surface area contributed by atoms with Crippen molar-refractivity contribution in [2.45, 2.75) is 0 Å². The van der Waals surface area contributed by atoms with Crippen molar-refractivity contribution in [3.05, 3.63) is 64.3 Å². The summed E-state index contributed by atoms with van der Waals surface area (Å²) in [6.07, 6.45) is 1.59. The lowest BCUT2D eigenvalue weighted by Crippen LogP contribution is -2.43. The predicted molar refractivity (Wildman–Crippen MR) is 118 cm³/mol. The number of rotatable bonds is 6. The lowest BCUT2D eigenvalue weighted by molar-refractivity contribution is -0.137. The van der Waals surface area contributed by atoms with E-state index in [1.165, 1.54) is 7.11 Å². The van der Waals surface area contributed by atoms with Crippen LogP contribution in [0.1, 0.15) is 11.1 Å². The van der Waals surface area contributed by atoms with Gasteiger partial charge in [-0.15, -0.1) is 0 Å². The van der Waals surface area contributed by atoms with Crippen molar-refractivity contribution in [1.29, 1.82) is 0 Å². The third-order valence-electron chi connectivity index (χ3n) is 4.90. The van der Waals surface area contributed by atoms with Gasteiger partial charge in [0.2, 0.25) is 5.90 Å². The molecule has 32 heavy (non-hydrogen) atoms. The van der Waals surface area contributed by atoms with Gasteiger partial charge in [-0.25, -0.2) is 9.79 Å². The maximum Gasteiger partial charge on any atom is 0.363 e. The molecule has 0 spiro atoms. The van der Waals surface area contributed by atoms with Crippen molar-refractivity contribution in [3.63, 3.8) is 0 Å². The molecule has 2 aromatic carbocycles. The number of methoxy groups -OCH3 is 1. The van der Waals surface area contributed by atoms with E-state index in [4.69, 9.17) is 30.5 Å². The first-order valence-electron chi connectivity index (χ1n) is 9.98. The smallest absolute Gasteiger partial charge is 0.363 e. The maximum atomic E-state index is 12.3. The van der Waals surface area contributed by atoms with Crippen LogP contribution in [-0.4, -0.2) is 62.7 Å². The Morgan fingerprint density at radius 3 is 2.75 bits per heavy atom. The number of ether oxygens (including phenoxy) is 4. The molecule has 0 bridgehead atoms. The number of hydrogen-bond acceptors (Lipinski definition) is 7. The molecule has 2 heterocycles. The zero-order chi connectivity index (χ0) is 22.5. The van der Waals surface area contributed by atoms with Crippen LogP contribution < -0.4 is 9.47 Å². The fraction of sp³-hybridized carbons (Fsp3) is 0.261. The van der Waals surface area contributed by atoms with Crippen LogP contribution in [0.3, 0.4) is 0 Å². The number of esters is 1. The Morgan fingerprint density at radius 2 is 2.00 bits per heavy atom. The fourth-order valence-electron chi connectivity index (χ4n) is 3.25. The second-order valence-electron chi connectivity index (χ2n) is 7.04. The zero-order valence-corrected chi connectivity index (χ0v) is 18.1. The molecule has 1 fully saturated rings. The number of halogens is 1. The monoisotopic (exact) mass is 456 g/mol. The zero-order valence-electron chi connectivity index (χ0n) is 17.4. The van der Waals surface area contributed by atoms with Crippen LogP contribution >= 0.6 is 11.6 Å². The molecule has 8 nitrogen and oxygen atoms in total. The molecule has 0 aromatic heterocycles. The summed E-state index contributed by atoms with van der Waals surface area (Å²) in [6, 6.07) is 12.0. The Hall–Kier alpha value is -3.36. The molecule has 0 radical (unpaired) electrons. The van der Waals surface area contributed by atoms with E-state index in [9.17, 15) is 9.59 Å². The molecular formula is C23H21ClN2O6. The molecule has 0 unspecified atom stereocenters. The van der Waals surface area contributed by atoms with Crippen LogP contribution in [0, 0.1) is 0 Å². The van der Waals surface area contributed by atoms with E-state index in [2.05, 4.69) is 4.99 Å². The molecule has 166 valence electrons. The normalized spacial score (nSPS) is 17.2. The van der Waals surface area contributed by atoms with Crippen molar-refractivity contribution in [2.75, 3.05) is 40.0 Å². The number of amides is 1. The van der Waals surface area contributed by atoms with E-state index in [0.717, 1.165) is 0 Å². The first kappa shape index (κ1) is 21.9. The lowest BCUT2D eigenvalue weighted by atomic mass is 10.1. The molecule has 2 aliphatic heterocycles. The summed E-state index contributed by atoms with van der Waals surface area (Å²) in [5, 5.41) is 0.520. The second kappa shape index (κ2) is 9.84. The Labute approximate surface area is 190 Å². The van der Waals surface area contributed by atoms with Crippen LogP contribution in [0.5, 0.6) is 11.5 Å². The molecular weight excluding hydrogens is 436 g/mol. The van der Waals surface area contributed by atoms with E-state index >= 15 is 0 Å². The largest absolute Gasteiger partial charge is 0.493 e. The van der Waals surface area contributed by atoms with Gasteiger partial charge in [-0.2, -0.15) is 0 Å². The van der Waals surface area contributed by atoms with E-state index < -0.39 is 5.97 Å². The Morgan fingerprint density at radius 1 is 1.19 bits per heavy atom. The van der Waals surface area contributed by atoms with Crippen molar-refractivity contribution >= 4 is 35.5 Å². The Balaban J connectivity index is 1.48. The third-order valence-corrected chi connectivity index (χ3v) is 5.13. The summed E-state index contributed by atoms with van der Waals surface area (Å²) in [5.41, 5.74) is 1.43. The summed E-state index contributed by atoms with van der Waals surface area (Å²) in [5.74, 6) is 0.374. The molecule has 0 aliphatic carbocycles. The van der Waals surface area contributed by atoms with Crippen LogP contribution in [0.4, 0.5) is 0 Å². The highest BCUT2D eigenvalue weighted by Gasteiger charge is 2.24. The first-order chi connectivity index (χ1) is 15.5. The Bertz CT molecular complexity index is 1090. The van der Waals surface area contributed by atoms with Crippen molar-refractivity contribution in [2.24, 2.45) is 4.99 Å². The number of nitrogens with zero attached hydrogens (tertiary/aromatic N) is 2. The number of carbonyl (C=O) groups is 2. The first-order valence-corrected chi connectivity index (χ1v) is 10.4. The van der Waals surface area contributed by atoms with Gasteiger partial charge in [0.15, 0.2) is 23.8 Å². The number of morpholine rings is 1. The van der Waals surface area contributed by atoms with Crippen molar-refractivity contribution in [1.82, 2.24) is 4.90 Å². The molecule has 9 heteroatoms. The lowest BCUT2D eigenvalue weighted by Gasteiger charge is -2.26. The highest BCUT2D eigenvalue weighted by molar-refractivity contribution is 6.31. The van der Waals surface area contributed by atoms with E-state index in [1.807, 2.05) is 0 Å². The summed E-state index contributed by atoms with van der Waals surface area (Å²) < 4.78 is 21.6. The number of aliphatic imine (C=N–C) groups is 1. The molecule has 2 aromatic rings. The summed E-state index contributed by atoms with van der Waals surface area (Å²) in [6.45, 7) is 2.07. The van der Waals surface area contributed by atoms with Gasteiger partial charge in [0.25, 0.3) is 5.91 Å². The van der Waals surface area contributed by atoms with Gasteiger partial charge >= 0.3 is 5.97 Å². The predicted octanol–water partition coefficient (Wildman–Crippen LogP) is 2.93. The van der Waals surface area contributed by atoms with E-state index in [-0.39, 0.29) is 24.1 Å². The van der Waals surface area contributed by atoms with Crippen molar-refractivity contribution < 1.29 is 28.5 Å². The molecule has 2 aliphatic rings. The number of carbonyl (C=O) groups excluding carboxylic acids is 2. The minimum Gasteiger partial charge on any atom is -0.493 e. The Kier molecular flexibility index (Phi) is 6.72. The van der Waals surface area contributed by atoms with E-state index in [1.54, 1.807) is 53.4 Å². The number of benzene rings is 2. The minimum absolute atomic E-state index is 0.101. The summed E-state index contributed by atoms with van der Waals surface area (Å²) in [7, 11) is 1.50. The highest BCUT2D eigenvalue weighted by atomic mass is 35.5. The SMILES string of the molecule is COc1cc(C=C2N=C(c3cccc(Cl)c3)OC2=O)ccc1OCC(=O)N1CCOCC1. The quantitative estimate of drug-likeness (QED) is 0.490. The minimum atomic E-state index is -0.560. The second-order valence-corrected chi connectivity index (χ2v) is 7.47. The van der Waals surface area contributed by atoms with Crippen LogP contribution in [-0.2, 0) is 19.1 Å². The standard InChI is InChI=1S/C23H21ClN2O6/c1-29-20-12-15(5-6-19(20)31-14-21(27)26-7-9-30-10-8-26)11-18-23(28)32-22(25-18)16-3-2-4-17(24)13-16/h2-6,11-13H,7-10,14H2,1H3. The molecule has 4 rings (SSSR count). The molecule has 0 atom stereocenters.